The molecular formula is C7H7ClKNO3S. The second kappa shape index (κ2) is 5.27. The van der Waals surface area contributed by atoms with Crippen molar-refractivity contribution in [3.63, 3.8) is 0 Å². The average Bonchev–Trinajstić information content (AvgIpc) is 1.94. The summed E-state index contributed by atoms with van der Waals surface area (Å²) in [5.74, 6) is 0. The zero-order valence-corrected chi connectivity index (χ0v) is 12.4. The third kappa shape index (κ3) is 3.46. The summed E-state index contributed by atoms with van der Waals surface area (Å²) in [6.45, 7) is 1.60. The Labute approximate surface area is 130 Å². The fourth-order valence-electron chi connectivity index (χ4n) is 0.862. The maximum Gasteiger partial charge on any atom is 1.00 e. The van der Waals surface area contributed by atoms with Gasteiger partial charge in [-0.3, -0.25) is 0 Å². The molecule has 0 heterocycles. The topological polar surface area (TPSA) is 83.2 Å². The van der Waals surface area contributed by atoms with Crippen molar-refractivity contribution in [2.75, 3.05) is 5.73 Å². The Morgan fingerprint density at radius 3 is 2.36 bits per heavy atom. The monoisotopic (exact) mass is 259 g/mol. The van der Waals surface area contributed by atoms with Crippen LogP contribution in [0.25, 0.3) is 0 Å². The molecule has 0 saturated heterocycles. The van der Waals surface area contributed by atoms with E-state index in [0.717, 1.165) is 0 Å². The van der Waals surface area contributed by atoms with Crippen LogP contribution in [0.3, 0.4) is 0 Å². The molecule has 14 heavy (non-hydrogen) atoms. The van der Waals surface area contributed by atoms with E-state index in [9.17, 15) is 13.0 Å². The minimum Gasteiger partial charge on any atom is -0.744 e. The van der Waals surface area contributed by atoms with Gasteiger partial charge >= 0.3 is 51.4 Å². The molecule has 0 aromatic heterocycles. The number of anilines is 1. The van der Waals surface area contributed by atoms with Crippen LogP contribution in [0.1, 0.15) is 5.56 Å². The van der Waals surface area contributed by atoms with Crippen LogP contribution in [-0.2, 0) is 10.1 Å². The molecular weight excluding hydrogens is 253 g/mol. The van der Waals surface area contributed by atoms with Gasteiger partial charge in [0.15, 0.2) is 0 Å². The number of nitrogens with two attached hydrogens (primary N) is 1. The van der Waals surface area contributed by atoms with Crippen molar-refractivity contribution in [3.8, 4) is 0 Å². The molecule has 0 amide bonds. The standard InChI is InChI=1S/C7H8ClNO3S.K/c1-4-2-7(13(10,11)12)5(8)3-6(4)9;/h2-3H,9H2,1H3,(H,10,11,12);/q;+1/p-1. The second-order valence-corrected chi connectivity index (χ2v) is 4.35. The Kier molecular flexibility index (Phi) is 5.59. The quantitative estimate of drug-likeness (QED) is 0.364. The SMILES string of the molecule is Cc1cc(S(=O)(=O)[O-])c(Cl)cc1N.[K+]. The summed E-state index contributed by atoms with van der Waals surface area (Å²) in [6, 6.07) is 2.42. The van der Waals surface area contributed by atoms with Gasteiger partial charge in [0.25, 0.3) is 0 Å². The van der Waals surface area contributed by atoms with E-state index < -0.39 is 15.0 Å². The third-order valence-corrected chi connectivity index (χ3v) is 2.89. The normalized spacial score (nSPS) is 10.8. The van der Waals surface area contributed by atoms with Crippen LogP contribution in [0.4, 0.5) is 5.69 Å². The Morgan fingerprint density at radius 2 is 1.93 bits per heavy atom. The summed E-state index contributed by atoms with van der Waals surface area (Å²) in [5.41, 5.74) is 6.32. The summed E-state index contributed by atoms with van der Waals surface area (Å²) in [7, 11) is -4.51. The van der Waals surface area contributed by atoms with Crippen LogP contribution in [-0.4, -0.2) is 13.0 Å². The first-order valence-corrected chi connectivity index (χ1v) is 5.12. The predicted molar refractivity (Wildman–Crippen MR) is 48.6 cm³/mol. The van der Waals surface area contributed by atoms with Crippen molar-refractivity contribution in [2.45, 2.75) is 11.8 Å². The van der Waals surface area contributed by atoms with Gasteiger partial charge in [0.2, 0.25) is 0 Å². The number of benzene rings is 1. The number of nitrogen functional groups attached to an aromatic ring is 1. The number of aryl methyl sites for hydroxylation is 1. The molecule has 1 aromatic rings. The van der Waals surface area contributed by atoms with E-state index in [2.05, 4.69) is 0 Å². The molecule has 0 unspecified atom stereocenters. The first kappa shape index (κ1) is 14.9. The summed E-state index contributed by atoms with van der Waals surface area (Å²) in [5, 5.41) is -0.141. The van der Waals surface area contributed by atoms with Crippen molar-refractivity contribution < 1.29 is 64.4 Å². The molecule has 0 aliphatic rings. The van der Waals surface area contributed by atoms with E-state index in [1.807, 2.05) is 0 Å². The molecule has 0 atom stereocenters. The van der Waals surface area contributed by atoms with Gasteiger partial charge in [0, 0.05) is 5.69 Å². The molecule has 0 aliphatic heterocycles. The van der Waals surface area contributed by atoms with E-state index in [4.69, 9.17) is 17.3 Å². The van der Waals surface area contributed by atoms with Crippen LogP contribution < -0.4 is 57.1 Å². The Hall–Kier alpha value is 0.856. The van der Waals surface area contributed by atoms with Crippen molar-refractivity contribution in [1.29, 1.82) is 0 Å². The Bertz CT molecular complexity index is 446. The van der Waals surface area contributed by atoms with Crippen molar-refractivity contribution in [1.82, 2.24) is 0 Å². The maximum absolute atomic E-state index is 10.6. The smallest absolute Gasteiger partial charge is 0.744 e. The van der Waals surface area contributed by atoms with Gasteiger partial charge in [-0.2, -0.15) is 0 Å². The molecule has 4 nitrogen and oxygen atoms in total. The van der Waals surface area contributed by atoms with E-state index >= 15 is 0 Å². The second-order valence-electron chi connectivity index (χ2n) is 2.59. The van der Waals surface area contributed by atoms with Crippen LogP contribution in [0.2, 0.25) is 5.02 Å². The van der Waals surface area contributed by atoms with Gasteiger partial charge in [0.1, 0.15) is 10.1 Å². The predicted octanol–water partition coefficient (Wildman–Crippen LogP) is -1.86. The molecule has 7 heteroatoms. The Morgan fingerprint density at radius 1 is 1.43 bits per heavy atom. The van der Waals surface area contributed by atoms with Crippen molar-refractivity contribution in [3.05, 3.63) is 22.7 Å². The van der Waals surface area contributed by atoms with Crippen molar-refractivity contribution >= 4 is 27.4 Å². The van der Waals surface area contributed by atoms with E-state index in [0.29, 0.717) is 11.3 Å². The van der Waals surface area contributed by atoms with Gasteiger partial charge < -0.3 is 10.3 Å². The van der Waals surface area contributed by atoms with Crippen LogP contribution in [0.15, 0.2) is 17.0 Å². The summed E-state index contributed by atoms with van der Waals surface area (Å²) in [6.07, 6.45) is 0. The van der Waals surface area contributed by atoms with Crippen LogP contribution in [0.5, 0.6) is 0 Å². The Balaban J connectivity index is 0.00000169. The van der Waals surface area contributed by atoms with Gasteiger partial charge in [-0.1, -0.05) is 11.6 Å². The molecule has 1 aromatic carbocycles. The first-order chi connectivity index (χ1) is 5.82. The van der Waals surface area contributed by atoms with Crippen LogP contribution >= 0.6 is 11.6 Å². The van der Waals surface area contributed by atoms with E-state index in [1.165, 1.54) is 12.1 Å². The zero-order valence-electron chi connectivity index (χ0n) is 7.74. The van der Waals surface area contributed by atoms with Gasteiger partial charge in [0.05, 0.1) is 9.92 Å². The maximum atomic E-state index is 10.6. The first-order valence-electron chi connectivity index (χ1n) is 3.34. The molecule has 0 radical (unpaired) electrons. The molecule has 0 spiro atoms. The summed E-state index contributed by atoms with van der Waals surface area (Å²) < 4.78 is 31.9. The minimum absolute atomic E-state index is 0. The molecule has 1 rings (SSSR count). The average molecular weight is 260 g/mol. The number of hydrogen-bond donors (Lipinski definition) is 1. The molecule has 0 bridgehead atoms. The number of halogens is 1. The van der Waals surface area contributed by atoms with Crippen molar-refractivity contribution in [2.24, 2.45) is 0 Å². The molecule has 0 fully saturated rings. The minimum atomic E-state index is -4.51. The fourth-order valence-corrected chi connectivity index (χ4v) is 1.94. The number of hydrogen-bond acceptors (Lipinski definition) is 4. The van der Waals surface area contributed by atoms with Gasteiger partial charge in [-0.05, 0) is 24.6 Å². The van der Waals surface area contributed by atoms with Gasteiger partial charge in [-0.25, -0.2) is 8.42 Å². The summed E-state index contributed by atoms with van der Waals surface area (Å²) in [4.78, 5) is -0.430. The van der Waals surface area contributed by atoms with E-state index in [1.54, 1.807) is 6.92 Å². The van der Waals surface area contributed by atoms with E-state index in [-0.39, 0.29) is 56.4 Å². The molecule has 72 valence electrons. The molecule has 0 saturated carbocycles. The molecule has 0 aliphatic carbocycles. The van der Waals surface area contributed by atoms with Gasteiger partial charge in [-0.15, -0.1) is 0 Å². The zero-order chi connectivity index (χ0) is 10.2. The fraction of sp³-hybridized carbons (Fsp3) is 0.143. The number of rotatable bonds is 1. The third-order valence-electron chi connectivity index (χ3n) is 1.59. The molecule has 2 N–H and O–H groups in total. The summed E-state index contributed by atoms with van der Waals surface area (Å²) >= 11 is 5.53. The van der Waals surface area contributed by atoms with Crippen LogP contribution in [0, 0.1) is 6.92 Å². The largest absolute Gasteiger partial charge is 1.00 e.